The van der Waals surface area contributed by atoms with Gasteiger partial charge in [0, 0.05) is 11.7 Å². The minimum Gasteiger partial charge on any atom is -0.325 e. The first-order valence-corrected chi connectivity index (χ1v) is 6.51. The van der Waals surface area contributed by atoms with Crippen molar-refractivity contribution in [1.29, 1.82) is 0 Å². The highest BCUT2D eigenvalue weighted by atomic mass is 35.5. The van der Waals surface area contributed by atoms with Crippen LogP contribution in [0.2, 0.25) is 5.02 Å². The summed E-state index contributed by atoms with van der Waals surface area (Å²) in [6.07, 6.45) is 4.73. The van der Waals surface area contributed by atoms with E-state index in [1.54, 1.807) is 0 Å². The standard InChI is InChI=1S/C13H16ClFN2O/c14-11-7-10(5-6-12(11)15)17-13(18)8-16-9-3-1-2-4-9/h5-7,9,16H,1-4,8H2,(H,17,18). The van der Waals surface area contributed by atoms with Crippen molar-refractivity contribution in [2.45, 2.75) is 31.7 Å². The number of benzene rings is 1. The van der Waals surface area contributed by atoms with Crippen molar-refractivity contribution in [3.05, 3.63) is 29.0 Å². The molecule has 1 aromatic carbocycles. The summed E-state index contributed by atoms with van der Waals surface area (Å²) in [5, 5.41) is 5.90. The van der Waals surface area contributed by atoms with Crippen LogP contribution in [0.5, 0.6) is 0 Å². The third-order valence-corrected chi connectivity index (χ3v) is 3.40. The smallest absolute Gasteiger partial charge is 0.238 e. The Morgan fingerprint density at radius 3 is 2.78 bits per heavy atom. The number of carbonyl (C=O) groups excluding carboxylic acids is 1. The molecular formula is C13H16ClFN2O. The Hall–Kier alpha value is -1.13. The van der Waals surface area contributed by atoms with E-state index >= 15 is 0 Å². The van der Waals surface area contributed by atoms with Crippen LogP contribution in [0, 0.1) is 5.82 Å². The van der Waals surface area contributed by atoms with E-state index in [9.17, 15) is 9.18 Å². The molecule has 0 spiro atoms. The van der Waals surface area contributed by atoms with Crippen molar-refractivity contribution >= 4 is 23.2 Å². The molecule has 5 heteroatoms. The third kappa shape index (κ3) is 3.68. The van der Waals surface area contributed by atoms with Gasteiger partial charge in [0.2, 0.25) is 5.91 Å². The van der Waals surface area contributed by atoms with E-state index in [2.05, 4.69) is 10.6 Å². The highest BCUT2D eigenvalue weighted by Crippen LogP contribution is 2.19. The third-order valence-electron chi connectivity index (χ3n) is 3.11. The fourth-order valence-electron chi connectivity index (χ4n) is 2.15. The maximum absolute atomic E-state index is 12.9. The van der Waals surface area contributed by atoms with Crippen LogP contribution in [0.4, 0.5) is 10.1 Å². The SMILES string of the molecule is O=C(CNC1CCCC1)Nc1ccc(F)c(Cl)c1. The van der Waals surface area contributed by atoms with Gasteiger partial charge in [-0.15, -0.1) is 0 Å². The molecule has 0 atom stereocenters. The number of amides is 1. The molecule has 1 saturated carbocycles. The summed E-state index contributed by atoms with van der Waals surface area (Å²) in [5.41, 5.74) is 0.514. The number of nitrogens with one attached hydrogen (secondary N) is 2. The molecule has 0 saturated heterocycles. The van der Waals surface area contributed by atoms with Crippen LogP contribution < -0.4 is 10.6 Å². The van der Waals surface area contributed by atoms with Crippen LogP contribution in [-0.4, -0.2) is 18.5 Å². The molecule has 0 unspecified atom stereocenters. The number of carbonyl (C=O) groups is 1. The summed E-state index contributed by atoms with van der Waals surface area (Å²) >= 11 is 5.64. The van der Waals surface area contributed by atoms with Crippen molar-refractivity contribution in [2.75, 3.05) is 11.9 Å². The predicted octanol–water partition coefficient (Wildman–Crippen LogP) is 2.95. The van der Waals surface area contributed by atoms with Gasteiger partial charge in [0.1, 0.15) is 5.82 Å². The van der Waals surface area contributed by atoms with Crippen molar-refractivity contribution in [3.8, 4) is 0 Å². The van der Waals surface area contributed by atoms with Gasteiger partial charge in [0.25, 0.3) is 0 Å². The van der Waals surface area contributed by atoms with Crippen molar-refractivity contribution in [1.82, 2.24) is 5.32 Å². The number of rotatable bonds is 4. The first-order valence-electron chi connectivity index (χ1n) is 6.13. The largest absolute Gasteiger partial charge is 0.325 e. The molecule has 1 amide bonds. The molecule has 1 aromatic rings. The Bertz CT molecular complexity index is 433. The summed E-state index contributed by atoms with van der Waals surface area (Å²) in [7, 11) is 0. The first-order chi connectivity index (χ1) is 8.65. The fourth-order valence-corrected chi connectivity index (χ4v) is 2.33. The zero-order valence-corrected chi connectivity index (χ0v) is 10.8. The van der Waals surface area contributed by atoms with Gasteiger partial charge < -0.3 is 10.6 Å². The Balaban J connectivity index is 1.80. The van der Waals surface area contributed by atoms with Crippen LogP contribution in [0.1, 0.15) is 25.7 Å². The highest BCUT2D eigenvalue weighted by Gasteiger charge is 2.15. The Labute approximate surface area is 111 Å². The minimum absolute atomic E-state index is 0.0107. The maximum atomic E-state index is 12.9. The molecule has 1 aliphatic carbocycles. The number of hydrogen-bond acceptors (Lipinski definition) is 2. The summed E-state index contributed by atoms with van der Waals surface area (Å²) in [6.45, 7) is 0.277. The molecule has 98 valence electrons. The van der Waals surface area contributed by atoms with Gasteiger partial charge >= 0.3 is 0 Å². The molecule has 0 radical (unpaired) electrons. The summed E-state index contributed by atoms with van der Waals surface area (Å²) < 4.78 is 12.9. The Morgan fingerprint density at radius 2 is 2.11 bits per heavy atom. The predicted molar refractivity (Wildman–Crippen MR) is 70.3 cm³/mol. The van der Waals surface area contributed by atoms with Crippen LogP contribution >= 0.6 is 11.6 Å². The molecule has 1 aliphatic rings. The highest BCUT2D eigenvalue weighted by molar-refractivity contribution is 6.31. The number of halogens is 2. The summed E-state index contributed by atoms with van der Waals surface area (Å²) in [4.78, 5) is 11.7. The lowest BCUT2D eigenvalue weighted by atomic mass is 10.2. The van der Waals surface area contributed by atoms with E-state index in [1.165, 1.54) is 31.0 Å². The molecule has 3 nitrogen and oxygen atoms in total. The molecule has 0 heterocycles. The molecule has 18 heavy (non-hydrogen) atoms. The second kappa shape index (κ2) is 6.16. The topological polar surface area (TPSA) is 41.1 Å². The molecule has 2 rings (SSSR count). The summed E-state index contributed by atoms with van der Waals surface area (Å²) in [6, 6.07) is 4.59. The molecule has 1 fully saturated rings. The van der Waals surface area contributed by atoms with Crippen LogP contribution in [-0.2, 0) is 4.79 Å². The maximum Gasteiger partial charge on any atom is 0.238 e. The average molecular weight is 271 g/mol. The number of anilines is 1. The molecule has 0 aliphatic heterocycles. The zero-order chi connectivity index (χ0) is 13.0. The second-order valence-corrected chi connectivity index (χ2v) is 4.95. The molecule has 0 bridgehead atoms. The lowest BCUT2D eigenvalue weighted by Gasteiger charge is -2.11. The van der Waals surface area contributed by atoms with E-state index in [0.29, 0.717) is 11.7 Å². The van der Waals surface area contributed by atoms with Gasteiger partial charge in [0.15, 0.2) is 0 Å². The van der Waals surface area contributed by atoms with Gasteiger partial charge in [-0.1, -0.05) is 24.4 Å². The van der Waals surface area contributed by atoms with Crippen molar-refractivity contribution in [2.24, 2.45) is 0 Å². The molecule has 0 aromatic heterocycles. The van der Waals surface area contributed by atoms with Gasteiger partial charge in [0.05, 0.1) is 11.6 Å². The van der Waals surface area contributed by atoms with E-state index in [4.69, 9.17) is 11.6 Å². The lowest BCUT2D eigenvalue weighted by molar-refractivity contribution is -0.115. The zero-order valence-electron chi connectivity index (χ0n) is 10.0. The minimum atomic E-state index is -0.487. The Kier molecular flexibility index (Phi) is 4.55. The molecule has 2 N–H and O–H groups in total. The fraction of sp³-hybridized carbons (Fsp3) is 0.462. The van der Waals surface area contributed by atoms with Crippen LogP contribution in [0.3, 0.4) is 0 Å². The Morgan fingerprint density at radius 1 is 1.39 bits per heavy atom. The van der Waals surface area contributed by atoms with E-state index in [1.807, 2.05) is 0 Å². The normalized spacial score (nSPS) is 15.9. The van der Waals surface area contributed by atoms with Crippen molar-refractivity contribution < 1.29 is 9.18 Å². The second-order valence-electron chi connectivity index (χ2n) is 4.54. The van der Waals surface area contributed by atoms with Gasteiger partial charge in [-0.3, -0.25) is 4.79 Å². The monoisotopic (exact) mass is 270 g/mol. The first kappa shape index (κ1) is 13.3. The van der Waals surface area contributed by atoms with E-state index in [0.717, 1.165) is 12.8 Å². The summed E-state index contributed by atoms with van der Waals surface area (Å²) in [5.74, 6) is -0.622. The average Bonchev–Trinajstić information content (AvgIpc) is 2.84. The van der Waals surface area contributed by atoms with Crippen molar-refractivity contribution in [3.63, 3.8) is 0 Å². The van der Waals surface area contributed by atoms with E-state index < -0.39 is 5.82 Å². The van der Waals surface area contributed by atoms with Gasteiger partial charge in [-0.25, -0.2) is 4.39 Å². The van der Waals surface area contributed by atoms with Crippen LogP contribution in [0.25, 0.3) is 0 Å². The molecular weight excluding hydrogens is 255 g/mol. The van der Waals surface area contributed by atoms with Gasteiger partial charge in [-0.2, -0.15) is 0 Å². The quantitative estimate of drug-likeness (QED) is 0.883. The van der Waals surface area contributed by atoms with Gasteiger partial charge in [-0.05, 0) is 31.0 Å². The number of hydrogen-bond donors (Lipinski definition) is 2. The van der Waals surface area contributed by atoms with Crippen LogP contribution in [0.15, 0.2) is 18.2 Å². The lowest BCUT2D eigenvalue weighted by Crippen LogP contribution is -2.34. The van der Waals surface area contributed by atoms with E-state index in [-0.39, 0.29) is 17.5 Å².